The van der Waals surface area contributed by atoms with Crippen LogP contribution in [0.5, 0.6) is 11.6 Å². The second-order valence-electron chi connectivity index (χ2n) is 6.01. The maximum atomic E-state index is 10.1. The van der Waals surface area contributed by atoms with E-state index < -0.39 is 0 Å². The van der Waals surface area contributed by atoms with Crippen molar-refractivity contribution in [1.29, 1.82) is 5.41 Å². The first-order valence-electron chi connectivity index (χ1n) is 8.62. The van der Waals surface area contributed by atoms with Crippen molar-refractivity contribution >= 4 is 39.1 Å². The first-order valence-corrected chi connectivity index (χ1v) is 10.2. The van der Waals surface area contributed by atoms with Gasteiger partial charge in [0.1, 0.15) is 10.2 Å². The zero-order valence-electron chi connectivity index (χ0n) is 14.6. The summed E-state index contributed by atoms with van der Waals surface area (Å²) in [6, 6.07) is 4.86. The van der Waals surface area contributed by atoms with Gasteiger partial charge < -0.3 is 9.94 Å². The molecular weight excluding hydrogens is 441 g/mol. The monoisotopic (exact) mass is 461 g/mol. The summed E-state index contributed by atoms with van der Waals surface area (Å²) in [4.78, 5) is 3.98. The number of hydrogen-bond donors (Lipinski definition) is 2. The third kappa shape index (κ3) is 5.63. The van der Waals surface area contributed by atoms with Gasteiger partial charge in [-0.3, -0.25) is 5.41 Å². The number of rotatable bonds is 9. The Labute approximate surface area is 171 Å². The number of nitrogens with one attached hydrogen (secondary N) is 1. The predicted molar refractivity (Wildman–Crippen MR) is 107 cm³/mol. The van der Waals surface area contributed by atoms with Crippen LogP contribution in [0.25, 0.3) is 0 Å². The van der Waals surface area contributed by atoms with E-state index in [1.807, 2.05) is 0 Å². The Balaban J connectivity index is 2.15. The molecule has 5 nitrogen and oxygen atoms in total. The summed E-state index contributed by atoms with van der Waals surface area (Å²) in [5.74, 6) is 0.565. The molecule has 2 aromatic rings. The molecule has 2 rings (SSSR count). The fraction of sp³-hybridized carbons (Fsp3) is 0.444. The van der Waals surface area contributed by atoms with E-state index in [1.54, 1.807) is 18.2 Å². The quantitative estimate of drug-likeness (QED) is 0.336. The zero-order chi connectivity index (χ0) is 19.1. The molecule has 0 aliphatic carbocycles. The van der Waals surface area contributed by atoms with Gasteiger partial charge in [0.2, 0.25) is 5.88 Å². The summed E-state index contributed by atoms with van der Waals surface area (Å²) < 4.78 is 7.03. The van der Waals surface area contributed by atoms with Gasteiger partial charge in [-0.25, -0.2) is 0 Å². The highest BCUT2D eigenvalue weighted by Crippen LogP contribution is 2.34. The number of halogens is 3. The SMILES string of the molecule is CCCCCCCCc1c(Br)c(Oc2ccc(Cl)cc2Cl)nc(=N)n1O. The smallest absolute Gasteiger partial charge is 0.259 e. The summed E-state index contributed by atoms with van der Waals surface area (Å²) in [6.45, 7) is 2.19. The van der Waals surface area contributed by atoms with Gasteiger partial charge in [-0.15, -0.1) is 0 Å². The molecule has 0 radical (unpaired) electrons. The van der Waals surface area contributed by atoms with E-state index in [-0.39, 0.29) is 11.5 Å². The van der Waals surface area contributed by atoms with Crippen molar-refractivity contribution in [2.75, 3.05) is 0 Å². The van der Waals surface area contributed by atoms with Gasteiger partial charge in [-0.05, 0) is 47.0 Å². The number of nitrogens with zero attached hydrogens (tertiary/aromatic N) is 2. The van der Waals surface area contributed by atoms with Crippen LogP contribution in [0.2, 0.25) is 10.0 Å². The maximum absolute atomic E-state index is 10.1. The Morgan fingerprint density at radius 3 is 2.58 bits per heavy atom. The predicted octanol–water partition coefficient (Wildman–Crippen LogP) is 6.36. The molecule has 0 atom stereocenters. The minimum atomic E-state index is -0.297. The normalized spacial score (nSPS) is 10.9. The third-order valence-electron chi connectivity index (χ3n) is 3.97. The summed E-state index contributed by atoms with van der Waals surface area (Å²) in [5, 5.41) is 18.9. The van der Waals surface area contributed by atoms with E-state index >= 15 is 0 Å². The van der Waals surface area contributed by atoms with Crippen LogP contribution in [0.15, 0.2) is 22.7 Å². The molecule has 0 bridgehead atoms. The third-order valence-corrected chi connectivity index (χ3v) is 5.30. The standard InChI is InChI=1S/C18H22BrCl2N3O2/c1-2-3-4-5-6-7-8-14-16(19)17(23-18(22)24(14)25)26-15-10-9-12(20)11-13(15)21/h9-11,22,25H,2-8H2,1H3. The van der Waals surface area contributed by atoms with Crippen LogP contribution in [0.4, 0.5) is 0 Å². The first kappa shape index (κ1) is 21.1. The minimum Gasteiger partial charge on any atom is -0.436 e. The van der Waals surface area contributed by atoms with Gasteiger partial charge in [-0.2, -0.15) is 9.71 Å². The summed E-state index contributed by atoms with van der Waals surface area (Å²) in [5.41, 5.74) is 0.259. The largest absolute Gasteiger partial charge is 0.436 e. The molecule has 0 amide bonds. The lowest BCUT2D eigenvalue weighted by atomic mass is 10.1. The highest BCUT2D eigenvalue weighted by molar-refractivity contribution is 9.10. The van der Waals surface area contributed by atoms with Crippen molar-refractivity contribution in [3.05, 3.63) is 44.0 Å². The van der Waals surface area contributed by atoms with Crippen LogP contribution >= 0.6 is 39.1 Å². The van der Waals surface area contributed by atoms with Crippen molar-refractivity contribution in [2.45, 2.75) is 51.9 Å². The van der Waals surface area contributed by atoms with E-state index in [0.29, 0.717) is 32.4 Å². The topological polar surface area (TPSA) is 71.1 Å². The molecule has 26 heavy (non-hydrogen) atoms. The van der Waals surface area contributed by atoms with E-state index in [4.69, 9.17) is 33.3 Å². The lowest BCUT2D eigenvalue weighted by molar-refractivity contribution is 0.152. The van der Waals surface area contributed by atoms with Gasteiger partial charge in [0, 0.05) is 5.02 Å². The molecule has 0 fully saturated rings. The highest BCUT2D eigenvalue weighted by Gasteiger charge is 2.16. The molecule has 1 aromatic heterocycles. The van der Waals surface area contributed by atoms with Crippen LogP contribution in [0, 0.1) is 5.41 Å². The Morgan fingerprint density at radius 2 is 1.88 bits per heavy atom. The van der Waals surface area contributed by atoms with Crippen molar-refractivity contribution in [2.24, 2.45) is 0 Å². The second kappa shape index (κ2) is 10.2. The Kier molecular flexibility index (Phi) is 8.25. The molecule has 1 heterocycles. The van der Waals surface area contributed by atoms with Crippen LogP contribution in [-0.2, 0) is 6.42 Å². The van der Waals surface area contributed by atoms with Gasteiger partial charge in [-0.1, -0.05) is 62.2 Å². The van der Waals surface area contributed by atoms with E-state index in [2.05, 4.69) is 27.8 Å². The molecular formula is C18H22BrCl2N3O2. The molecule has 142 valence electrons. The lowest BCUT2D eigenvalue weighted by Gasteiger charge is -2.14. The molecule has 1 aromatic carbocycles. The lowest BCUT2D eigenvalue weighted by Crippen LogP contribution is -2.25. The first-order chi connectivity index (χ1) is 12.4. The number of aromatic nitrogens is 2. The van der Waals surface area contributed by atoms with E-state index in [9.17, 15) is 5.21 Å². The Morgan fingerprint density at radius 1 is 1.19 bits per heavy atom. The van der Waals surface area contributed by atoms with Crippen molar-refractivity contribution in [3.8, 4) is 11.6 Å². The molecule has 8 heteroatoms. The highest BCUT2D eigenvalue weighted by atomic mass is 79.9. The maximum Gasteiger partial charge on any atom is 0.259 e. The Hall–Kier alpha value is -1.24. The van der Waals surface area contributed by atoms with Crippen LogP contribution in [0.3, 0.4) is 0 Å². The fourth-order valence-corrected chi connectivity index (χ4v) is 3.54. The van der Waals surface area contributed by atoms with E-state index in [1.165, 1.54) is 25.7 Å². The number of unbranched alkanes of at least 4 members (excludes halogenated alkanes) is 5. The van der Waals surface area contributed by atoms with Crippen molar-refractivity contribution in [1.82, 2.24) is 9.71 Å². The van der Waals surface area contributed by atoms with Crippen LogP contribution < -0.4 is 10.4 Å². The Bertz CT molecular complexity index is 812. The van der Waals surface area contributed by atoms with Gasteiger partial charge in [0.25, 0.3) is 5.62 Å². The van der Waals surface area contributed by atoms with Crippen molar-refractivity contribution in [3.63, 3.8) is 0 Å². The summed E-state index contributed by atoms with van der Waals surface area (Å²) in [7, 11) is 0. The van der Waals surface area contributed by atoms with Gasteiger partial charge in [0.05, 0.1) is 10.7 Å². The average molecular weight is 463 g/mol. The summed E-state index contributed by atoms with van der Waals surface area (Å²) >= 11 is 15.5. The second-order valence-corrected chi connectivity index (χ2v) is 7.64. The molecule has 2 N–H and O–H groups in total. The zero-order valence-corrected chi connectivity index (χ0v) is 17.7. The van der Waals surface area contributed by atoms with E-state index in [0.717, 1.165) is 17.6 Å². The van der Waals surface area contributed by atoms with Crippen LogP contribution in [0.1, 0.15) is 51.1 Å². The average Bonchev–Trinajstić information content (AvgIpc) is 2.60. The van der Waals surface area contributed by atoms with Gasteiger partial charge in [0.15, 0.2) is 0 Å². The molecule has 0 saturated heterocycles. The molecule has 0 saturated carbocycles. The molecule has 0 unspecified atom stereocenters. The summed E-state index contributed by atoms with van der Waals surface area (Å²) in [6.07, 6.45) is 7.44. The number of hydrogen-bond acceptors (Lipinski definition) is 4. The van der Waals surface area contributed by atoms with Crippen molar-refractivity contribution < 1.29 is 9.94 Å². The molecule has 0 aliphatic rings. The van der Waals surface area contributed by atoms with Crippen LogP contribution in [-0.4, -0.2) is 14.9 Å². The molecule has 0 spiro atoms. The fourth-order valence-electron chi connectivity index (χ4n) is 2.56. The number of benzene rings is 1. The minimum absolute atomic E-state index is 0.186. The van der Waals surface area contributed by atoms with Gasteiger partial charge >= 0.3 is 0 Å². The molecule has 0 aliphatic heterocycles. The number of ether oxygens (including phenoxy) is 1.